The quantitative estimate of drug-likeness (QED) is 0.536. The molecule has 1 atom stereocenters. The molecule has 1 amide bonds. The predicted molar refractivity (Wildman–Crippen MR) is 84.2 cm³/mol. The van der Waals surface area contributed by atoms with Gasteiger partial charge in [0.15, 0.2) is 0 Å². The molecule has 10 heteroatoms. The smallest absolute Gasteiger partial charge is 0.407 e. The summed E-state index contributed by atoms with van der Waals surface area (Å²) < 4.78 is 47.2. The fourth-order valence-corrected chi connectivity index (χ4v) is 3.90. The molecule has 0 aliphatic carbocycles. The maximum Gasteiger partial charge on any atom is 0.407 e. The van der Waals surface area contributed by atoms with Crippen LogP contribution in [0.5, 0.6) is 0 Å². The molecule has 0 bridgehead atoms. The second-order valence-electron chi connectivity index (χ2n) is 5.79. The molecule has 1 heterocycles. The maximum atomic E-state index is 13.5. The first kappa shape index (κ1) is 18.6. The number of carboxylic acid groups (broad SMARTS) is 1. The number of benzene rings is 1. The molecule has 4 N–H and O–H groups in total. The van der Waals surface area contributed by atoms with Gasteiger partial charge in [0.05, 0.1) is 0 Å². The summed E-state index contributed by atoms with van der Waals surface area (Å²) in [7, 11) is -3.39. The number of nitrogens with two attached hydrogens (primary N) is 1. The Bertz CT molecular complexity index is 721. The summed E-state index contributed by atoms with van der Waals surface area (Å²) in [6, 6.07) is 4.32. The SMILES string of the molecule is CN(C1CCN(C(=O)O)CC1)C(N)(c1cccc(F)c1)S(=O)(=O)O. The number of likely N-dealkylation sites (tertiary alicyclic amines) is 1. The summed E-state index contributed by atoms with van der Waals surface area (Å²) in [6.45, 7) is 0.435. The Morgan fingerprint density at radius 3 is 2.46 bits per heavy atom. The first-order chi connectivity index (χ1) is 11.1. The minimum atomic E-state index is -4.81. The van der Waals surface area contributed by atoms with Gasteiger partial charge in [-0.15, -0.1) is 0 Å². The summed E-state index contributed by atoms with van der Waals surface area (Å²) in [5.74, 6) is -0.680. The van der Waals surface area contributed by atoms with Crippen LogP contribution in [0.1, 0.15) is 18.4 Å². The highest BCUT2D eigenvalue weighted by atomic mass is 32.2. The molecule has 2 rings (SSSR count). The molecule has 0 saturated carbocycles. The van der Waals surface area contributed by atoms with Crippen molar-refractivity contribution in [2.24, 2.45) is 5.73 Å². The normalized spacial score (nSPS) is 19.3. The van der Waals surface area contributed by atoms with Crippen molar-refractivity contribution in [3.8, 4) is 0 Å². The van der Waals surface area contributed by atoms with E-state index in [-0.39, 0.29) is 18.7 Å². The third-order valence-corrected chi connectivity index (χ3v) is 5.75. The lowest BCUT2D eigenvalue weighted by Gasteiger charge is -2.43. The van der Waals surface area contributed by atoms with Crippen LogP contribution in [-0.2, 0) is 15.1 Å². The molecule has 1 aliphatic heterocycles. The van der Waals surface area contributed by atoms with Crippen molar-refractivity contribution in [2.75, 3.05) is 20.1 Å². The van der Waals surface area contributed by atoms with Gasteiger partial charge < -0.3 is 10.0 Å². The van der Waals surface area contributed by atoms with E-state index in [1.165, 1.54) is 29.0 Å². The lowest BCUT2D eigenvalue weighted by atomic mass is 10.0. The fourth-order valence-electron chi connectivity index (χ4n) is 2.96. The zero-order valence-corrected chi connectivity index (χ0v) is 13.9. The number of carbonyl (C=O) groups is 1. The van der Waals surface area contributed by atoms with Crippen LogP contribution >= 0.6 is 0 Å². The lowest BCUT2D eigenvalue weighted by molar-refractivity contribution is 0.0698. The number of hydrogen-bond acceptors (Lipinski definition) is 5. The van der Waals surface area contributed by atoms with Crippen molar-refractivity contribution in [1.82, 2.24) is 9.80 Å². The largest absolute Gasteiger partial charge is 0.465 e. The first-order valence-electron chi connectivity index (χ1n) is 7.30. The van der Waals surface area contributed by atoms with Crippen LogP contribution in [0.15, 0.2) is 24.3 Å². The highest BCUT2D eigenvalue weighted by Crippen LogP contribution is 2.32. The summed E-state index contributed by atoms with van der Waals surface area (Å²) in [5, 5.41) is 8.97. The topological polar surface area (TPSA) is 124 Å². The van der Waals surface area contributed by atoms with Crippen molar-refractivity contribution in [1.29, 1.82) is 0 Å². The van der Waals surface area contributed by atoms with Crippen LogP contribution in [0.4, 0.5) is 9.18 Å². The maximum absolute atomic E-state index is 13.5. The number of piperidine rings is 1. The summed E-state index contributed by atoms with van der Waals surface area (Å²) in [6.07, 6.45) is -0.367. The Labute approximate surface area is 139 Å². The van der Waals surface area contributed by atoms with Crippen molar-refractivity contribution < 1.29 is 27.3 Å². The average molecular weight is 361 g/mol. The molecule has 1 aliphatic rings. The Kier molecular flexibility index (Phi) is 5.14. The van der Waals surface area contributed by atoms with Crippen molar-refractivity contribution in [3.63, 3.8) is 0 Å². The van der Waals surface area contributed by atoms with Gasteiger partial charge >= 0.3 is 16.2 Å². The molecular weight excluding hydrogens is 341 g/mol. The van der Waals surface area contributed by atoms with Crippen LogP contribution in [0.25, 0.3) is 0 Å². The van der Waals surface area contributed by atoms with Crippen LogP contribution in [-0.4, -0.2) is 60.1 Å². The van der Waals surface area contributed by atoms with E-state index in [1.54, 1.807) is 0 Å². The average Bonchev–Trinajstić information content (AvgIpc) is 2.52. The molecule has 1 aromatic rings. The van der Waals surface area contributed by atoms with E-state index in [4.69, 9.17) is 10.8 Å². The van der Waals surface area contributed by atoms with Crippen molar-refractivity contribution in [3.05, 3.63) is 35.6 Å². The number of halogens is 1. The van der Waals surface area contributed by atoms with E-state index < -0.39 is 33.1 Å². The minimum absolute atomic E-state index is 0.104. The van der Waals surface area contributed by atoms with Gasteiger partial charge in [-0.25, -0.2) is 9.18 Å². The van der Waals surface area contributed by atoms with Gasteiger partial charge in [-0.3, -0.25) is 15.2 Å². The highest BCUT2D eigenvalue weighted by molar-refractivity contribution is 7.86. The van der Waals surface area contributed by atoms with E-state index in [0.29, 0.717) is 12.8 Å². The summed E-state index contributed by atoms with van der Waals surface area (Å²) in [5.41, 5.74) is 5.92. The third kappa shape index (κ3) is 3.36. The summed E-state index contributed by atoms with van der Waals surface area (Å²) >= 11 is 0. The molecule has 1 aromatic carbocycles. The van der Waals surface area contributed by atoms with Gasteiger partial charge in [0.1, 0.15) is 5.82 Å². The van der Waals surface area contributed by atoms with Gasteiger partial charge in [-0.2, -0.15) is 8.42 Å². The molecule has 8 nitrogen and oxygen atoms in total. The van der Waals surface area contributed by atoms with Crippen molar-refractivity contribution >= 4 is 16.2 Å². The molecule has 1 saturated heterocycles. The Morgan fingerprint density at radius 2 is 2.00 bits per heavy atom. The number of nitrogens with zero attached hydrogens (tertiary/aromatic N) is 2. The number of hydrogen-bond donors (Lipinski definition) is 3. The van der Waals surface area contributed by atoms with Gasteiger partial charge in [-0.1, -0.05) is 12.1 Å². The highest BCUT2D eigenvalue weighted by Gasteiger charge is 2.48. The summed E-state index contributed by atoms with van der Waals surface area (Å²) in [4.78, 5) is 11.1. The molecule has 24 heavy (non-hydrogen) atoms. The molecule has 0 spiro atoms. The van der Waals surface area contributed by atoms with E-state index >= 15 is 0 Å². The molecule has 1 unspecified atom stereocenters. The molecule has 0 aromatic heterocycles. The zero-order valence-electron chi connectivity index (χ0n) is 13.1. The molecular formula is C14H20FN3O5S. The van der Waals surface area contributed by atoms with Gasteiger partial charge in [-0.05, 0) is 32.0 Å². The third-order valence-electron chi connectivity index (χ3n) is 4.44. The van der Waals surface area contributed by atoms with E-state index in [2.05, 4.69) is 0 Å². The zero-order chi connectivity index (χ0) is 18.1. The van der Waals surface area contributed by atoms with Gasteiger partial charge in [0, 0.05) is 24.7 Å². The minimum Gasteiger partial charge on any atom is -0.465 e. The van der Waals surface area contributed by atoms with E-state index in [9.17, 15) is 22.2 Å². The number of rotatable bonds is 4. The first-order valence-corrected chi connectivity index (χ1v) is 8.74. The Balaban J connectivity index is 2.34. The van der Waals surface area contributed by atoms with Gasteiger partial charge in [0.2, 0.25) is 4.99 Å². The van der Waals surface area contributed by atoms with E-state index in [0.717, 1.165) is 12.1 Å². The van der Waals surface area contributed by atoms with Crippen LogP contribution in [0, 0.1) is 5.82 Å². The monoisotopic (exact) mass is 361 g/mol. The van der Waals surface area contributed by atoms with E-state index in [1.807, 2.05) is 0 Å². The molecule has 1 fully saturated rings. The van der Waals surface area contributed by atoms with Crippen LogP contribution in [0.2, 0.25) is 0 Å². The lowest BCUT2D eigenvalue weighted by Crippen LogP contribution is -2.61. The Hall–Kier alpha value is -1.75. The van der Waals surface area contributed by atoms with Crippen LogP contribution in [0.3, 0.4) is 0 Å². The molecule has 0 radical (unpaired) electrons. The second-order valence-corrected chi connectivity index (χ2v) is 7.37. The second kappa shape index (κ2) is 6.63. The molecule has 134 valence electrons. The fraction of sp³-hybridized carbons (Fsp3) is 0.500. The van der Waals surface area contributed by atoms with Gasteiger partial charge in [0.25, 0.3) is 0 Å². The van der Waals surface area contributed by atoms with Crippen LogP contribution < -0.4 is 5.73 Å². The Morgan fingerprint density at radius 1 is 1.42 bits per heavy atom. The predicted octanol–water partition coefficient (Wildman–Crippen LogP) is 0.857. The standard InChI is InChI=1S/C14H20FN3O5S/c1-17(12-5-7-18(8-6-12)13(19)20)14(16,24(21,22)23)10-3-2-4-11(15)9-10/h2-4,9,12H,5-8,16H2,1H3,(H,19,20)(H,21,22,23). The van der Waals surface area contributed by atoms with Crippen molar-refractivity contribution in [2.45, 2.75) is 23.9 Å². The number of amides is 1.